The zero-order chi connectivity index (χ0) is 13.0. The van der Waals surface area contributed by atoms with Crippen LogP contribution in [0.5, 0.6) is 0 Å². The highest BCUT2D eigenvalue weighted by molar-refractivity contribution is 6.64. The minimum Gasteiger partial charge on any atom is -0.281 e. The summed E-state index contributed by atoms with van der Waals surface area (Å²) in [6.45, 7) is 0. The van der Waals surface area contributed by atoms with Crippen molar-refractivity contribution in [2.45, 2.75) is 32.1 Å². The highest BCUT2D eigenvalue weighted by atomic mass is 35.5. The van der Waals surface area contributed by atoms with Crippen molar-refractivity contribution in [2.75, 3.05) is 0 Å². The molecule has 19 heavy (non-hydrogen) atoms. The summed E-state index contributed by atoms with van der Waals surface area (Å²) in [5.41, 5.74) is 1.19. The van der Waals surface area contributed by atoms with Crippen molar-refractivity contribution in [3.05, 3.63) is 35.9 Å². The minimum absolute atomic E-state index is 0.0388. The maximum absolute atomic E-state index is 12.2. The van der Waals surface area contributed by atoms with Crippen molar-refractivity contribution in [1.29, 1.82) is 0 Å². The van der Waals surface area contributed by atoms with Crippen LogP contribution in [0.2, 0.25) is 0 Å². The molecule has 5 unspecified atom stereocenters. The van der Waals surface area contributed by atoms with Gasteiger partial charge in [-0.25, -0.2) is 0 Å². The third-order valence-corrected chi connectivity index (χ3v) is 6.44. The molecule has 0 saturated heterocycles. The Hall–Kier alpha value is -0.820. The van der Waals surface area contributed by atoms with Crippen molar-refractivity contribution in [3.8, 4) is 0 Å². The van der Waals surface area contributed by atoms with Crippen LogP contribution in [0.15, 0.2) is 30.3 Å². The van der Waals surface area contributed by atoms with Gasteiger partial charge in [-0.15, -0.1) is 0 Å². The largest absolute Gasteiger partial charge is 0.281 e. The van der Waals surface area contributed by atoms with Gasteiger partial charge in [0.1, 0.15) is 0 Å². The molecule has 2 heteroatoms. The molecule has 100 valence electrons. The van der Waals surface area contributed by atoms with Crippen LogP contribution in [0.1, 0.15) is 31.2 Å². The van der Waals surface area contributed by atoms with Crippen LogP contribution in [-0.4, -0.2) is 5.24 Å². The average Bonchev–Trinajstić information content (AvgIpc) is 2.79. The van der Waals surface area contributed by atoms with Crippen molar-refractivity contribution < 1.29 is 4.79 Å². The normalized spacial score (nSPS) is 42.8. The lowest BCUT2D eigenvalue weighted by Gasteiger charge is -2.38. The van der Waals surface area contributed by atoms with Gasteiger partial charge in [0.15, 0.2) is 0 Å². The number of carbonyl (C=O) groups excluding carboxylic acids is 1. The van der Waals surface area contributed by atoms with E-state index in [1.54, 1.807) is 0 Å². The summed E-state index contributed by atoms with van der Waals surface area (Å²) < 4.78 is 0. The molecule has 0 aromatic heterocycles. The Kier molecular flexibility index (Phi) is 2.57. The summed E-state index contributed by atoms with van der Waals surface area (Å²) >= 11 is 6.08. The van der Waals surface area contributed by atoms with Gasteiger partial charge in [0, 0.05) is 0 Å². The third kappa shape index (κ3) is 1.57. The van der Waals surface area contributed by atoms with E-state index in [1.165, 1.54) is 24.8 Å². The fraction of sp³-hybridized carbons (Fsp3) is 0.588. The Balaban J connectivity index is 1.69. The van der Waals surface area contributed by atoms with E-state index in [-0.39, 0.29) is 10.7 Å². The zero-order valence-corrected chi connectivity index (χ0v) is 11.8. The van der Waals surface area contributed by atoms with E-state index in [0.29, 0.717) is 11.8 Å². The van der Waals surface area contributed by atoms with E-state index in [4.69, 9.17) is 11.6 Å². The molecule has 0 spiro atoms. The Labute approximate surface area is 119 Å². The number of hydrogen-bond donors (Lipinski definition) is 0. The molecule has 1 nitrogen and oxygen atoms in total. The first-order chi connectivity index (χ1) is 9.20. The molecule has 1 aromatic carbocycles. The van der Waals surface area contributed by atoms with E-state index in [1.807, 2.05) is 0 Å². The molecule has 5 rings (SSSR count). The predicted octanol–water partition coefficient (Wildman–Crippen LogP) is 4.05. The van der Waals surface area contributed by atoms with Crippen molar-refractivity contribution in [2.24, 2.45) is 29.1 Å². The van der Waals surface area contributed by atoms with Crippen LogP contribution in [0, 0.1) is 29.1 Å². The molecule has 5 atom stereocenters. The second kappa shape index (κ2) is 4.09. The van der Waals surface area contributed by atoms with Gasteiger partial charge in [0.25, 0.3) is 0 Å². The highest BCUT2D eigenvalue weighted by Crippen LogP contribution is 2.69. The number of hydrogen-bond acceptors (Lipinski definition) is 1. The summed E-state index contributed by atoms with van der Waals surface area (Å²) in [5, 5.41) is -0.0388. The van der Waals surface area contributed by atoms with Gasteiger partial charge in [-0.1, -0.05) is 30.3 Å². The molecule has 0 radical (unpaired) electrons. The summed E-state index contributed by atoms with van der Waals surface area (Å²) in [4.78, 5) is 12.2. The molecule has 4 bridgehead atoms. The SMILES string of the molecule is O=C(Cl)C12CC3CC(CC1C3)C2Cc1ccccc1. The van der Waals surface area contributed by atoms with Gasteiger partial charge in [0.05, 0.1) is 5.41 Å². The highest BCUT2D eigenvalue weighted by Gasteiger charge is 2.66. The topological polar surface area (TPSA) is 17.1 Å². The summed E-state index contributed by atoms with van der Waals surface area (Å²) in [6, 6.07) is 10.6. The zero-order valence-electron chi connectivity index (χ0n) is 11.0. The number of benzene rings is 1. The Bertz CT molecular complexity index is 511. The molecule has 4 aliphatic rings. The molecular formula is C17H19ClO. The van der Waals surface area contributed by atoms with Crippen LogP contribution in [0.25, 0.3) is 0 Å². The van der Waals surface area contributed by atoms with E-state index in [0.717, 1.165) is 24.7 Å². The molecule has 4 aliphatic carbocycles. The molecule has 0 amide bonds. The first-order valence-electron chi connectivity index (χ1n) is 7.44. The van der Waals surface area contributed by atoms with Crippen LogP contribution in [-0.2, 0) is 11.2 Å². The number of halogens is 1. The number of rotatable bonds is 3. The Morgan fingerprint density at radius 1 is 1.21 bits per heavy atom. The van der Waals surface area contributed by atoms with Crippen LogP contribution < -0.4 is 0 Å². The van der Waals surface area contributed by atoms with Gasteiger partial charge >= 0.3 is 0 Å². The van der Waals surface area contributed by atoms with E-state index >= 15 is 0 Å². The van der Waals surface area contributed by atoms with Crippen LogP contribution in [0.4, 0.5) is 0 Å². The first-order valence-corrected chi connectivity index (χ1v) is 7.82. The second-order valence-electron chi connectivity index (χ2n) is 6.84. The predicted molar refractivity (Wildman–Crippen MR) is 75.9 cm³/mol. The maximum Gasteiger partial charge on any atom is 0.228 e. The lowest BCUT2D eigenvalue weighted by Crippen LogP contribution is -2.39. The fourth-order valence-corrected chi connectivity index (χ4v) is 5.89. The standard InChI is InChI=1S/C17H19ClO/c18-16(19)17-10-12-6-13(9-14(17)7-12)15(17)8-11-4-2-1-3-5-11/h1-5,12-15H,6-10H2. The van der Waals surface area contributed by atoms with Gasteiger partial charge in [-0.05, 0) is 72.9 Å². The lowest BCUT2D eigenvalue weighted by molar-refractivity contribution is -0.125. The summed E-state index contributed by atoms with van der Waals surface area (Å²) in [6.07, 6.45) is 5.92. The fourth-order valence-electron chi connectivity index (χ4n) is 5.52. The second-order valence-corrected chi connectivity index (χ2v) is 7.19. The first kappa shape index (κ1) is 12.0. The average molecular weight is 275 g/mol. The molecule has 1 aromatic rings. The summed E-state index contributed by atoms with van der Waals surface area (Å²) in [5.74, 6) is 2.58. The van der Waals surface area contributed by atoms with Crippen LogP contribution >= 0.6 is 11.6 Å². The molecular weight excluding hydrogens is 256 g/mol. The smallest absolute Gasteiger partial charge is 0.228 e. The lowest BCUT2D eigenvalue weighted by atomic mass is 9.66. The molecule has 0 heterocycles. The van der Waals surface area contributed by atoms with Crippen molar-refractivity contribution in [3.63, 3.8) is 0 Å². The maximum atomic E-state index is 12.2. The Morgan fingerprint density at radius 2 is 2.00 bits per heavy atom. The number of carbonyl (C=O) groups is 1. The van der Waals surface area contributed by atoms with Gasteiger partial charge in [-0.2, -0.15) is 0 Å². The minimum atomic E-state index is -0.176. The van der Waals surface area contributed by atoms with Crippen molar-refractivity contribution >= 4 is 16.8 Å². The van der Waals surface area contributed by atoms with Crippen molar-refractivity contribution in [1.82, 2.24) is 0 Å². The quantitative estimate of drug-likeness (QED) is 0.760. The molecule has 0 aliphatic heterocycles. The van der Waals surface area contributed by atoms with Gasteiger partial charge in [-0.3, -0.25) is 4.79 Å². The molecule has 4 saturated carbocycles. The van der Waals surface area contributed by atoms with E-state index in [9.17, 15) is 4.79 Å². The third-order valence-electron chi connectivity index (χ3n) is 6.09. The van der Waals surface area contributed by atoms with Crippen LogP contribution in [0.3, 0.4) is 0 Å². The van der Waals surface area contributed by atoms with Gasteiger partial charge in [0.2, 0.25) is 5.24 Å². The van der Waals surface area contributed by atoms with E-state index in [2.05, 4.69) is 30.3 Å². The molecule has 0 N–H and O–H groups in total. The van der Waals surface area contributed by atoms with E-state index < -0.39 is 0 Å². The Morgan fingerprint density at radius 3 is 2.74 bits per heavy atom. The van der Waals surface area contributed by atoms with Gasteiger partial charge < -0.3 is 0 Å². The molecule has 4 fully saturated rings. The monoisotopic (exact) mass is 274 g/mol. The summed E-state index contributed by atoms with van der Waals surface area (Å²) in [7, 11) is 0.